The highest BCUT2D eigenvalue weighted by atomic mass is 14.1. The van der Waals surface area contributed by atoms with Crippen LogP contribution in [0.3, 0.4) is 0 Å². The van der Waals surface area contributed by atoms with E-state index in [4.69, 9.17) is 0 Å². The molecule has 0 saturated heterocycles. The van der Waals surface area contributed by atoms with E-state index >= 15 is 0 Å². The highest BCUT2D eigenvalue weighted by Gasteiger charge is 2.08. The Labute approximate surface area is 146 Å². The fourth-order valence-electron chi connectivity index (χ4n) is 3.41. The van der Waals surface area contributed by atoms with Crippen molar-refractivity contribution >= 4 is 0 Å². The molecule has 2 aliphatic rings. The van der Waals surface area contributed by atoms with Crippen molar-refractivity contribution in [2.45, 2.75) is 38.5 Å². The van der Waals surface area contributed by atoms with Crippen molar-refractivity contribution in [3.63, 3.8) is 0 Å². The molecule has 0 heteroatoms. The summed E-state index contributed by atoms with van der Waals surface area (Å²) in [6.07, 6.45) is 20.2. The molecule has 0 amide bonds. The van der Waals surface area contributed by atoms with E-state index in [0.29, 0.717) is 0 Å². The number of hydrogen-bond donors (Lipinski definition) is 0. The molecule has 2 aliphatic carbocycles. The smallest absolute Gasteiger partial charge is 0.0273 e. The SMILES string of the molecule is C1=CC=CC2=C(C=C1)CCCc1ccccccccc1CCC2. The molecule has 122 valence electrons. The number of hydrogen-bond acceptors (Lipinski definition) is 0. The van der Waals surface area contributed by atoms with Gasteiger partial charge in [-0.25, -0.2) is 0 Å². The fourth-order valence-corrected chi connectivity index (χ4v) is 3.41. The largest absolute Gasteiger partial charge is 0.0623 e. The van der Waals surface area contributed by atoms with Crippen molar-refractivity contribution in [3.8, 4) is 0 Å². The Bertz CT molecular complexity index is 666. The Hall–Kier alpha value is -2.34. The van der Waals surface area contributed by atoms with Gasteiger partial charge in [0.2, 0.25) is 0 Å². The molecule has 0 N–H and O–H groups in total. The summed E-state index contributed by atoms with van der Waals surface area (Å²) in [5.74, 6) is 0. The Morgan fingerprint density at radius 3 is 1.42 bits per heavy atom. The Balaban J connectivity index is 1.90. The lowest BCUT2D eigenvalue weighted by atomic mass is 9.90. The van der Waals surface area contributed by atoms with Gasteiger partial charge in [-0.15, -0.1) is 0 Å². The van der Waals surface area contributed by atoms with Crippen molar-refractivity contribution in [1.29, 1.82) is 0 Å². The standard InChI is InChI=1S/C24H26/c1-2-4-8-14-22-18-12-20-24-16-10-6-5-9-15-23(24)19-11-17-21(22)13-7-3-1/h1-10,13-16H,11-12,17-20H2. The zero-order chi connectivity index (χ0) is 16.5. The second kappa shape index (κ2) is 9.08. The molecule has 1 aromatic carbocycles. The first-order valence-corrected chi connectivity index (χ1v) is 9.07. The maximum atomic E-state index is 2.31. The molecule has 3 rings (SSSR count). The summed E-state index contributed by atoms with van der Waals surface area (Å²) in [5.41, 5.74) is 6.03. The zero-order valence-electron chi connectivity index (χ0n) is 14.3. The molecular weight excluding hydrogens is 288 g/mol. The Morgan fingerprint density at radius 1 is 0.458 bits per heavy atom. The molecule has 0 bridgehead atoms. The third kappa shape index (κ3) is 4.83. The molecule has 24 heavy (non-hydrogen) atoms. The minimum atomic E-state index is 1.15. The second-order valence-electron chi connectivity index (χ2n) is 6.40. The number of fused-ring (bicyclic) bond motifs is 1. The average Bonchev–Trinajstić information content (AvgIpc) is 2.58. The Kier molecular flexibility index (Phi) is 6.25. The maximum Gasteiger partial charge on any atom is -0.0273 e. The van der Waals surface area contributed by atoms with E-state index in [-0.39, 0.29) is 0 Å². The van der Waals surface area contributed by atoms with Crippen LogP contribution in [-0.2, 0) is 12.8 Å². The molecule has 0 unspecified atom stereocenters. The summed E-state index contributed by atoms with van der Waals surface area (Å²) in [4.78, 5) is 0. The molecule has 0 aliphatic heterocycles. The van der Waals surface area contributed by atoms with E-state index in [1.54, 1.807) is 0 Å². The topological polar surface area (TPSA) is 0 Å². The van der Waals surface area contributed by atoms with E-state index in [1.807, 2.05) is 0 Å². The first-order valence-electron chi connectivity index (χ1n) is 9.07. The lowest BCUT2D eigenvalue weighted by Crippen LogP contribution is -1.99. The van der Waals surface area contributed by atoms with Crippen LogP contribution in [0.25, 0.3) is 0 Å². The lowest BCUT2D eigenvalue weighted by molar-refractivity contribution is 0.752. The van der Waals surface area contributed by atoms with Crippen molar-refractivity contribution < 1.29 is 0 Å². The quantitative estimate of drug-likeness (QED) is 0.516. The average molecular weight is 314 g/mol. The van der Waals surface area contributed by atoms with Gasteiger partial charge in [-0.1, -0.05) is 85.0 Å². The van der Waals surface area contributed by atoms with Crippen LogP contribution >= 0.6 is 0 Å². The predicted molar refractivity (Wildman–Crippen MR) is 104 cm³/mol. The van der Waals surface area contributed by atoms with E-state index < -0.39 is 0 Å². The van der Waals surface area contributed by atoms with Gasteiger partial charge in [0.1, 0.15) is 0 Å². The summed E-state index contributed by atoms with van der Waals surface area (Å²) >= 11 is 0. The van der Waals surface area contributed by atoms with Crippen molar-refractivity contribution in [2.24, 2.45) is 0 Å². The van der Waals surface area contributed by atoms with Gasteiger partial charge >= 0.3 is 0 Å². The minimum absolute atomic E-state index is 1.15. The number of allylic oxidation sites excluding steroid dienone is 8. The van der Waals surface area contributed by atoms with E-state index in [0.717, 1.165) is 25.7 Å². The van der Waals surface area contributed by atoms with E-state index in [9.17, 15) is 0 Å². The van der Waals surface area contributed by atoms with Crippen LogP contribution in [-0.4, -0.2) is 0 Å². The molecule has 0 atom stereocenters. The van der Waals surface area contributed by atoms with Gasteiger partial charge < -0.3 is 0 Å². The van der Waals surface area contributed by atoms with Gasteiger partial charge in [-0.05, 0) is 60.8 Å². The summed E-state index contributed by atoms with van der Waals surface area (Å²) in [7, 11) is 0. The molecule has 0 nitrogen and oxygen atoms in total. The molecular formula is C24H26. The molecule has 0 aromatic heterocycles. The number of aryl methyl sites for hydroxylation is 2. The van der Waals surface area contributed by atoms with Gasteiger partial charge in [-0.3, -0.25) is 0 Å². The maximum absolute atomic E-state index is 2.31. The third-order valence-corrected chi connectivity index (χ3v) is 4.69. The number of rotatable bonds is 0. The van der Waals surface area contributed by atoms with Crippen LogP contribution in [0.1, 0.15) is 36.8 Å². The Morgan fingerprint density at radius 2 is 0.917 bits per heavy atom. The summed E-state index contributed by atoms with van der Waals surface area (Å²) in [6, 6.07) is 17.4. The summed E-state index contributed by atoms with van der Waals surface area (Å²) in [6.45, 7) is 0. The third-order valence-electron chi connectivity index (χ3n) is 4.69. The van der Waals surface area contributed by atoms with Crippen molar-refractivity contribution in [3.05, 3.63) is 107 Å². The van der Waals surface area contributed by atoms with Gasteiger partial charge in [0.15, 0.2) is 0 Å². The molecule has 0 spiro atoms. The van der Waals surface area contributed by atoms with Crippen LogP contribution in [0, 0.1) is 0 Å². The second-order valence-corrected chi connectivity index (χ2v) is 6.40. The lowest BCUT2D eigenvalue weighted by Gasteiger charge is -2.15. The monoisotopic (exact) mass is 314 g/mol. The fraction of sp³-hybridized carbons (Fsp3) is 0.250. The molecule has 0 radical (unpaired) electrons. The van der Waals surface area contributed by atoms with Crippen LogP contribution in [0.15, 0.2) is 96.1 Å². The first kappa shape index (κ1) is 16.5. The highest BCUT2D eigenvalue weighted by molar-refractivity contribution is 5.38. The van der Waals surface area contributed by atoms with Crippen molar-refractivity contribution in [2.75, 3.05) is 0 Å². The van der Waals surface area contributed by atoms with Crippen LogP contribution < -0.4 is 0 Å². The van der Waals surface area contributed by atoms with Crippen molar-refractivity contribution in [1.82, 2.24) is 0 Å². The van der Waals surface area contributed by atoms with Crippen LogP contribution in [0.5, 0.6) is 0 Å². The summed E-state index contributed by atoms with van der Waals surface area (Å²) in [5, 5.41) is 0. The zero-order valence-corrected chi connectivity index (χ0v) is 14.3. The predicted octanol–water partition coefficient (Wildman–Crippen LogP) is 6.45. The molecule has 0 heterocycles. The van der Waals surface area contributed by atoms with Gasteiger partial charge in [0.25, 0.3) is 0 Å². The minimum Gasteiger partial charge on any atom is -0.0623 e. The molecule has 0 fully saturated rings. The van der Waals surface area contributed by atoms with E-state index in [2.05, 4.69) is 85.0 Å². The molecule has 1 aromatic rings. The first-order chi connectivity index (χ1) is 11.9. The van der Waals surface area contributed by atoms with E-state index in [1.165, 1.54) is 35.1 Å². The summed E-state index contributed by atoms with van der Waals surface area (Å²) < 4.78 is 0. The van der Waals surface area contributed by atoms with Gasteiger partial charge in [-0.2, -0.15) is 0 Å². The van der Waals surface area contributed by atoms with Crippen LogP contribution in [0.4, 0.5) is 0 Å². The molecule has 0 saturated carbocycles. The normalized spacial score (nSPS) is 17.2. The van der Waals surface area contributed by atoms with Gasteiger partial charge in [0.05, 0.1) is 0 Å². The highest BCUT2D eigenvalue weighted by Crippen LogP contribution is 2.25. The van der Waals surface area contributed by atoms with Gasteiger partial charge in [0, 0.05) is 0 Å². The van der Waals surface area contributed by atoms with Crippen LogP contribution in [0.2, 0.25) is 0 Å².